The van der Waals surface area contributed by atoms with Gasteiger partial charge in [0.05, 0.1) is 24.7 Å². The van der Waals surface area contributed by atoms with Crippen molar-refractivity contribution in [2.45, 2.75) is 70.7 Å². The molecule has 0 aromatic carbocycles. The predicted molar refractivity (Wildman–Crippen MR) is 87.0 cm³/mol. The minimum Gasteiger partial charge on any atom is -0.371 e. The van der Waals surface area contributed by atoms with Crippen LogP contribution in [0.1, 0.15) is 41.0 Å². The number of ether oxygens (including phenoxy) is 3. The van der Waals surface area contributed by atoms with Gasteiger partial charge in [-0.1, -0.05) is 6.08 Å². The van der Waals surface area contributed by atoms with Crippen molar-refractivity contribution in [1.82, 2.24) is 4.90 Å². The molecule has 1 aliphatic carbocycles. The van der Waals surface area contributed by atoms with Crippen molar-refractivity contribution >= 4 is 11.7 Å². The first-order valence-electron chi connectivity index (χ1n) is 8.28. The Morgan fingerprint density at radius 2 is 2.00 bits per heavy atom. The Labute approximate surface area is 142 Å². The molecule has 3 aliphatic rings. The molecule has 1 fully saturated rings. The summed E-state index contributed by atoms with van der Waals surface area (Å²) in [5.74, 6) is -1.10. The molecule has 0 saturated carbocycles. The molecule has 6 nitrogen and oxygen atoms in total. The van der Waals surface area contributed by atoms with E-state index in [1.807, 2.05) is 40.7 Å². The molecule has 3 atom stereocenters. The van der Waals surface area contributed by atoms with E-state index in [9.17, 15) is 9.59 Å². The normalized spacial score (nSPS) is 32.3. The van der Waals surface area contributed by atoms with Crippen molar-refractivity contribution in [2.24, 2.45) is 0 Å². The Morgan fingerprint density at radius 3 is 2.62 bits per heavy atom. The van der Waals surface area contributed by atoms with Crippen LogP contribution in [0.15, 0.2) is 23.9 Å². The summed E-state index contributed by atoms with van der Waals surface area (Å²) in [5, 5.41) is 0. The fraction of sp³-hybridized carbons (Fsp3) is 0.667. The molecule has 24 heavy (non-hydrogen) atoms. The summed E-state index contributed by atoms with van der Waals surface area (Å²) in [6, 6.07) is -0.285. The van der Waals surface area contributed by atoms with Crippen LogP contribution in [0.25, 0.3) is 0 Å². The molecule has 2 aliphatic heterocycles. The molecular weight excluding hydrogens is 310 g/mol. The highest BCUT2D eigenvalue weighted by molar-refractivity contribution is 6.06. The molecule has 132 valence electrons. The van der Waals surface area contributed by atoms with Crippen molar-refractivity contribution in [1.29, 1.82) is 0 Å². The van der Waals surface area contributed by atoms with Gasteiger partial charge in [-0.2, -0.15) is 0 Å². The van der Waals surface area contributed by atoms with Gasteiger partial charge in [0, 0.05) is 6.20 Å². The number of carbonyl (C=O) groups excluding carboxylic acids is 2. The first kappa shape index (κ1) is 17.3. The van der Waals surface area contributed by atoms with Crippen molar-refractivity contribution in [3.63, 3.8) is 0 Å². The number of rotatable bonds is 3. The summed E-state index contributed by atoms with van der Waals surface area (Å²) in [6.07, 6.45) is 4.33. The van der Waals surface area contributed by atoms with E-state index in [1.165, 1.54) is 6.08 Å². The van der Waals surface area contributed by atoms with Gasteiger partial charge in [-0.25, -0.2) is 0 Å². The number of amides is 1. The van der Waals surface area contributed by atoms with Gasteiger partial charge in [0.1, 0.15) is 12.2 Å². The third-order valence-corrected chi connectivity index (χ3v) is 4.24. The number of ketones is 1. The van der Waals surface area contributed by atoms with E-state index in [2.05, 4.69) is 0 Å². The molecule has 0 aromatic rings. The highest BCUT2D eigenvalue weighted by atomic mass is 16.8. The molecule has 0 spiro atoms. The van der Waals surface area contributed by atoms with Gasteiger partial charge >= 0.3 is 0 Å². The standard InChI is InChI=1S/C18H25NO5/c1-17(2,3)22-10-11-8-13(16-15(11)23-18(4,5)24-16)19-7-6-12(20)9-14(19)21/h6-8,13,15-16H,9-10H2,1-5H3/t13?,15-,16+/m0/s1. The molecule has 6 heteroatoms. The van der Waals surface area contributed by atoms with Crippen LogP contribution in [-0.4, -0.2) is 52.8 Å². The quantitative estimate of drug-likeness (QED) is 0.582. The van der Waals surface area contributed by atoms with E-state index < -0.39 is 5.79 Å². The second-order valence-electron chi connectivity index (χ2n) is 7.91. The molecule has 1 saturated heterocycles. The maximum Gasteiger partial charge on any atom is 0.234 e. The fourth-order valence-corrected chi connectivity index (χ4v) is 3.21. The number of hydrogen-bond donors (Lipinski definition) is 0. The van der Waals surface area contributed by atoms with Crippen LogP contribution < -0.4 is 0 Å². The lowest BCUT2D eigenvalue weighted by Crippen LogP contribution is -2.45. The Morgan fingerprint density at radius 1 is 1.29 bits per heavy atom. The van der Waals surface area contributed by atoms with Crippen LogP contribution in [0.4, 0.5) is 0 Å². The monoisotopic (exact) mass is 335 g/mol. The zero-order chi connectivity index (χ0) is 17.7. The van der Waals surface area contributed by atoms with E-state index in [0.717, 1.165) is 5.57 Å². The summed E-state index contributed by atoms with van der Waals surface area (Å²) in [5.41, 5.74) is 0.708. The molecule has 3 rings (SSSR count). The van der Waals surface area contributed by atoms with Gasteiger partial charge < -0.3 is 19.1 Å². The lowest BCUT2D eigenvalue weighted by molar-refractivity contribution is -0.154. The van der Waals surface area contributed by atoms with Crippen molar-refractivity contribution in [2.75, 3.05) is 6.61 Å². The van der Waals surface area contributed by atoms with Gasteiger partial charge in [0.25, 0.3) is 0 Å². The van der Waals surface area contributed by atoms with Crippen molar-refractivity contribution in [3.8, 4) is 0 Å². The van der Waals surface area contributed by atoms with E-state index in [-0.39, 0.29) is 42.0 Å². The number of fused-ring (bicyclic) bond motifs is 1. The van der Waals surface area contributed by atoms with E-state index in [0.29, 0.717) is 6.61 Å². The van der Waals surface area contributed by atoms with E-state index in [4.69, 9.17) is 14.2 Å². The number of carbonyl (C=O) groups is 2. The predicted octanol–water partition coefficient (Wildman–Crippen LogP) is 1.95. The summed E-state index contributed by atoms with van der Waals surface area (Å²) >= 11 is 0. The lowest BCUT2D eigenvalue weighted by Gasteiger charge is -2.30. The van der Waals surface area contributed by atoms with E-state index >= 15 is 0 Å². The van der Waals surface area contributed by atoms with Crippen LogP contribution >= 0.6 is 0 Å². The molecule has 1 unspecified atom stereocenters. The zero-order valence-electron chi connectivity index (χ0n) is 14.9. The summed E-state index contributed by atoms with van der Waals surface area (Å²) in [4.78, 5) is 25.3. The Bertz CT molecular complexity index is 613. The lowest BCUT2D eigenvalue weighted by atomic mass is 10.1. The van der Waals surface area contributed by atoms with Gasteiger partial charge in [-0.15, -0.1) is 0 Å². The number of allylic oxidation sites excluding steroid dienone is 1. The van der Waals surface area contributed by atoms with Crippen LogP contribution in [0.5, 0.6) is 0 Å². The van der Waals surface area contributed by atoms with Crippen LogP contribution in [-0.2, 0) is 23.8 Å². The Balaban J connectivity index is 1.85. The average Bonchev–Trinajstić information content (AvgIpc) is 2.90. The first-order chi connectivity index (χ1) is 11.1. The molecule has 0 aromatic heterocycles. The summed E-state index contributed by atoms with van der Waals surface area (Å²) in [7, 11) is 0. The molecule has 0 radical (unpaired) electrons. The molecule has 2 heterocycles. The average molecular weight is 335 g/mol. The Kier molecular flexibility index (Phi) is 4.18. The highest BCUT2D eigenvalue weighted by Gasteiger charge is 2.52. The van der Waals surface area contributed by atoms with E-state index in [1.54, 1.807) is 11.1 Å². The maximum absolute atomic E-state index is 12.3. The SMILES string of the molecule is CC(C)(C)OCC1=CC(N2C=CC(=O)CC2=O)[C@H]2OC(C)(C)O[C@@H]12. The van der Waals surface area contributed by atoms with Gasteiger partial charge in [0.15, 0.2) is 11.6 Å². The van der Waals surface area contributed by atoms with Gasteiger partial charge in [-0.05, 0) is 46.3 Å². The second kappa shape index (κ2) is 5.79. The third-order valence-electron chi connectivity index (χ3n) is 4.24. The van der Waals surface area contributed by atoms with Crippen molar-refractivity contribution in [3.05, 3.63) is 23.9 Å². The molecular formula is C18H25NO5. The Hall–Kier alpha value is -1.50. The highest BCUT2D eigenvalue weighted by Crippen LogP contribution is 2.41. The second-order valence-corrected chi connectivity index (χ2v) is 7.91. The number of nitrogens with zero attached hydrogens (tertiary/aromatic N) is 1. The largest absolute Gasteiger partial charge is 0.371 e. The minimum atomic E-state index is -0.715. The van der Waals surface area contributed by atoms with Crippen LogP contribution in [0.2, 0.25) is 0 Å². The van der Waals surface area contributed by atoms with Crippen molar-refractivity contribution < 1.29 is 23.8 Å². The fourth-order valence-electron chi connectivity index (χ4n) is 3.21. The van der Waals surface area contributed by atoms with Gasteiger partial charge in [0.2, 0.25) is 5.91 Å². The molecule has 0 bridgehead atoms. The third kappa shape index (κ3) is 3.45. The molecule has 0 N–H and O–H groups in total. The van der Waals surface area contributed by atoms with Crippen LogP contribution in [0.3, 0.4) is 0 Å². The first-order valence-corrected chi connectivity index (χ1v) is 8.28. The zero-order valence-corrected chi connectivity index (χ0v) is 14.9. The molecule has 1 amide bonds. The minimum absolute atomic E-state index is 0.101. The number of hydrogen-bond acceptors (Lipinski definition) is 5. The topological polar surface area (TPSA) is 65.1 Å². The maximum atomic E-state index is 12.3. The smallest absolute Gasteiger partial charge is 0.234 e. The summed E-state index contributed by atoms with van der Waals surface area (Å²) < 4.78 is 18.0. The van der Waals surface area contributed by atoms with Crippen LogP contribution in [0, 0.1) is 0 Å². The van der Waals surface area contributed by atoms with Gasteiger partial charge in [-0.3, -0.25) is 9.59 Å². The summed E-state index contributed by atoms with van der Waals surface area (Å²) in [6.45, 7) is 10.1.